The van der Waals surface area contributed by atoms with Gasteiger partial charge in [0.25, 0.3) is 12.3 Å². The Morgan fingerprint density at radius 3 is 2.90 bits per heavy atom. The molecule has 1 atom stereocenters. The van der Waals surface area contributed by atoms with Crippen LogP contribution in [0.15, 0.2) is 41.1 Å². The minimum absolute atomic E-state index is 0.0246. The summed E-state index contributed by atoms with van der Waals surface area (Å²) < 4.78 is 47.2. The molecule has 1 aromatic carbocycles. The highest BCUT2D eigenvalue weighted by Gasteiger charge is 2.38. The molecule has 0 bridgehead atoms. The van der Waals surface area contributed by atoms with Crippen molar-refractivity contribution in [3.63, 3.8) is 0 Å². The fourth-order valence-corrected chi connectivity index (χ4v) is 3.91. The first kappa shape index (κ1) is 18.5. The predicted molar refractivity (Wildman–Crippen MR) is 99.5 cm³/mol. The SMILES string of the molecule is Cn1nc(C(F)F)cc1C(=O)N1CCc2[nH]cnc2[C@H]1c1cc2cccc(F)c2o1. The van der Waals surface area contributed by atoms with Crippen LogP contribution in [0.1, 0.15) is 45.8 Å². The maximum atomic E-state index is 14.2. The molecule has 3 aromatic heterocycles. The Balaban J connectivity index is 1.62. The first-order valence-corrected chi connectivity index (χ1v) is 9.27. The highest BCUT2D eigenvalue weighted by molar-refractivity contribution is 5.93. The maximum absolute atomic E-state index is 14.2. The van der Waals surface area contributed by atoms with Crippen LogP contribution >= 0.6 is 0 Å². The van der Waals surface area contributed by atoms with Crippen LogP contribution in [0, 0.1) is 5.82 Å². The number of carbonyl (C=O) groups excluding carboxylic acids is 1. The van der Waals surface area contributed by atoms with E-state index in [1.165, 1.54) is 24.3 Å². The van der Waals surface area contributed by atoms with E-state index < -0.39 is 29.9 Å². The molecule has 7 nitrogen and oxygen atoms in total. The average molecular weight is 415 g/mol. The van der Waals surface area contributed by atoms with Crippen molar-refractivity contribution in [1.29, 1.82) is 0 Å². The first-order valence-electron chi connectivity index (χ1n) is 9.27. The summed E-state index contributed by atoms with van der Waals surface area (Å²) in [4.78, 5) is 22.2. The lowest BCUT2D eigenvalue weighted by Gasteiger charge is -2.33. The van der Waals surface area contributed by atoms with Crippen molar-refractivity contribution in [3.8, 4) is 0 Å². The Morgan fingerprint density at radius 1 is 1.33 bits per heavy atom. The average Bonchev–Trinajstić information content (AvgIpc) is 3.44. The van der Waals surface area contributed by atoms with Crippen LogP contribution in [-0.4, -0.2) is 37.1 Å². The van der Waals surface area contributed by atoms with Crippen molar-refractivity contribution in [2.24, 2.45) is 7.05 Å². The molecule has 1 aliphatic rings. The molecule has 30 heavy (non-hydrogen) atoms. The van der Waals surface area contributed by atoms with Crippen LogP contribution in [-0.2, 0) is 13.5 Å². The Bertz CT molecular complexity index is 1260. The van der Waals surface area contributed by atoms with Crippen molar-refractivity contribution in [2.75, 3.05) is 6.54 Å². The van der Waals surface area contributed by atoms with Crippen molar-refractivity contribution in [2.45, 2.75) is 18.9 Å². The molecule has 0 unspecified atom stereocenters. The number of benzene rings is 1. The number of H-pyrrole nitrogens is 1. The standard InChI is InChI=1S/C20H16F3N5O2/c1-27-14(8-13(26-27)19(22)23)20(29)28-6-5-12-16(25-9-24-12)17(28)15-7-10-3-2-4-11(21)18(10)30-15/h2-4,7-9,17,19H,5-6H2,1H3,(H,24,25)/t17-/m1/s1. The largest absolute Gasteiger partial charge is 0.455 e. The van der Waals surface area contributed by atoms with Gasteiger partial charge in [-0.05, 0) is 18.2 Å². The summed E-state index contributed by atoms with van der Waals surface area (Å²) in [6, 6.07) is 6.60. The van der Waals surface area contributed by atoms with Crippen molar-refractivity contribution in [3.05, 3.63) is 71.0 Å². The molecule has 0 saturated carbocycles. The van der Waals surface area contributed by atoms with E-state index in [-0.39, 0.29) is 11.3 Å². The summed E-state index contributed by atoms with van der Waals surface area (Å²) in [6.07, 6.45) is -0.759. The number of hydrogen-bond donors (Lipinski definition) is 1. The molecule has 1 N–H and O–H groups in total. The van der Waals surface area contributed by atoms with Gasteiger partial charge < -0.3 is 14.3 Å². The van der Waals surface area contributed by atoms with Crippen LogP contribution in [0.3, 0.4) is 0 Å². The van der Waals surface area contributed by atoms with Gasteiger partial charge in [0.15, 0.2) is 11.4 Å². The molecule has 0 spiro atoms. The number of carbonyl (C=O) groups is 1. The molecule has 0 fully saturated rings. The number of aryl methyl sites for hydroxylation is 1. The summed E-state index contributed by atoms with van der Waals surface area (Å²) in [5, 5.41) is 4.28. The highest BCUT2D eigenvalue weighted by Crippen LogP contribution is 2.37. The van der Waals surface area contributed by atoms with E-state index in [2.05, 4.69) is 15.1 Å². The lowest BCUT2D eigenvalue weighted by Crippen LogP contribution is -2.41. The van der Waals surface area contributed by atoms with Crippen molar-refractivity contribution >= 4 is 16.9 Å². The fraction of sp³-hybridized carbons (Fsp3) is 0.250. The Labute approximate surface area is 168 Å². The second-order valence-corrected chi connectivity index (χ2v) is 7.10. The number of halogens is 3. The number of aromatic amines is 1. The van der Waals surface area contributed by atoms with E-state index in [9.17, 15) is 18.0 Å². The number of amides is 1. The smallest absolute Gasteiger partial charge is 0.282 e. The zero-order valence-electron chi connectivity index (χ0n) is 15.8. The third kappa shape index (κ3) is 2.78. The lowest BCUT2D eigenvalue weighted by molar-refractivity contribution is 0.0661. The second kappa shape index (κ2) is 6.75. The molecule has 4 aromatic rings. The number of rotatable bonds is 3. The van der Waals surface area contributed by atoms with Gasteiger partial charge in [0.1, 0.15) is 23.2 Å². The molecule has 1 amide bonds. The quantitative estimate of drug-likeness (QED) is 0.553. The molecule has 10 heteroatoms. The van der Waals surface area contributed by atoms with Crippen LogP contribution in [0.25, 0.3) is 11.0 Å². The normalized spacial score (nSPS) is 16.4. The fourth-order valence-electron chi connectivity index (χ4n) is 3.91. The number of nitrogens with zero attached hydrogens (tertiary/aromatic N) is 4. The number of furan rings is 1. The number of alkyl halides is 2. The van der Waals surface area contributed by atoms with Gasteiger partial charge in [-0.25, -0.2) is 18.2 Å². The molecule has 0 aliphatic carbocycles. The maximum Gasteiger partial charge on any atom is 0.282 e. The lowest BCUT2D eigenvalue weighted by atomic mass is 9.99. The van der Waals surface area contributed by atoms with Crippen molar-refractivity contribution < 1.29 is 22.4 Å². The molecule has 0 saturated heterocycles. The van der Waals surface area contributed by atoms with Gasteiger partial charge in [0.05, 0.1) is 12.0 Å². The topological polar surface area (TPSA) is 80.0 Å². The monoisotopic (exact) mass is 415 g/mol. The Kier molecular flexibility index (Phi) is 4.16. The number of para-hydroxylation sites is 1. The van der Waals surface area contributed by atoms with Gasteiger partial charge in [-0.15, -0.1) is 0 Å². The van der Waals surface area contributed by atoms with E-state index in [1.807, 2.05) is 0 Å². The van der Waals surface area contributed by atoms with Crippen LogP contribution in [0.5, 0.6) is 0 Å². The number of nitrogens with one attached hydrogen (secondary N) is 1. The molecule has 154 valence electrons. The van der Waals surface area contributed by atoms with E-state index >= 15 is 0 Å². The number of hydrogen-bond acceptors (Lipinski definition) is 4. The Hall–Kier alpha value is -3.56. The number of fused-ring (bicyclic) bond motifs is 2. The number of aromatic nitrogens is 4. The van der Waals surface area contributed by atoms with E-state index in [0.29, 0.717) is 29.8 Å². The predicted octanol–water partition coefficient (Wildman–Crippen LogP) is 3.75. The highest BCUT2D eigenvalue weighted by atomic mass is 19.3. The third-order valence-electron chi connectivity index (χ3n) is 5.31. The first-order chi connectivity index (χ1) is 14.4. The van der Waals surface area contributed by atoms with Gasteiger partial charge in [-0.3, -0.25) is 9.48 Å². The summed E-state index contributed by atoms with van der Waals surface area (Å²) in [5.74, 6) is -0.660. The summed E-state index contributed by atoms with van der Waals surface area (Å²) in [7, 11) is 1.44. The van der Waals surface area contributed by atoms with Crippen molar-refractivity contribution in [1.82, 2.24) is 24.6 Å². The van der Waals surface area contributed by atoms with Crippen LogP contribution in [0.2, 0.25) is 0 Å². The molecule has 4 heterocycles. The van der Waals surface area contributed by atoms with Crippen LogP contribution < -0.4 is 0 Å². The third-order valence-corrected chi connectivity index (χ3v) is 5.31. The molecule has 0 radical (unpaired) electrons. The zero-order chi connectivity index (χ0) is 21.0. The summed E-state index contributed by atoms with van der Waals surface area (Å²) in [5.41, 5.74) is 1.05. The van der Waals surface area contributed by atoms with Gasteiger partial charge in [0, 0.05) is 31.1 Å². The zero-order valence-corrected chi connectivity index (χ0v) is 15.8. The minimum Gasteiger partial charge on any atom is -0.455 e. The molecular weight excluding hydrogens is 399 g/mol. The van der Waals surface area contributed by atoms with Gasteiger partial charge in [0.2, 0.25) is 0 Å². The van der Waals surface area contributed by atoms with E-state index in [1.54, 1.807) is 18.2 Å². The molecular formula is C20H16F3N5O2. The van der Waals surface area contributed by atoms with E-state index in [0.717, 1.165) is 16.4 Å². The summed E-state index contributed by atoms with van der Waals surface area (Å²) in [6.45, 7) is 0.299. The number of imidazole rings is 1. The second-order valence-electron chi connectivity index (χ2n) is 7.10. The Morgan fingerprint density at radius 2 is 2.17 bits per heavy atom. The molecule has 1 aliphatic heterocycles. The molecule has 5 rings (SSSR count). The van der Waals surface area contributed by atoms with Crippen LogP contribution in [0.4, 0.5) is 13.2 Å². The van der Waals surface area contributed by atoms with Gasteiger partial charge >= 0.3 is 0 Å². The van der Waals surface area contributed by atoms with Gasteiger partial charge in [-0.2, -0.15) is 5.10 Å². The van der Waals surface area contributed by atoms with E-state index in [4.69, 9.17) is 4.42 Å². The minimum atomic E-state index is -2.79. The van der Waals surface area contributed by atoms with Gasteiger partial charge in [-0.1, -0.05) is 12.1 Å². The summed E-state index contributed by atoms with van der Waals surface area (Å²) >= 11 is 0.